The van der Waals surface area contributed by atoms with Gasteiger partial charge in [0.1, 0.15) is 0 Å². The number of benzene rings is 1. The number of rotatable bonds is 8. The molecule has 1 aromatic carbocycles. The molecule has 0 spiro atoms. The number of hydrogen-bond acceptors (Lipinski definition) is 5. The Bertz CT molecular complexity index is 700. The summed E-state index contributed by atoms with van der Waals surface area (Å²) < 4.78 is 51.5. The average molecular weight is 348 g/mol. The molecule has 0 aliphatic heterocycles. The van der Waals surface area contributed by atoms with E-state index >= 15 is 0 Å². The third-order valence-corrected chi connectivity index (χ3v) is 7.26. The van der Waals surface area contributed by atoms with Crippen LogP contribution in [0.4, 0.5) is 0 Å². The van der Waals surface area contributed by atoms with Crippen molar-refractivity contribution >= 4 is 19.9 Å². The van der Waals surface area contributed by atoms with E-state index in [2.05, 4.69) is 4.72 Å². The first-order chi connectivity index (χ1) is 10.2. The molecular formula is C14H24N2O4S2. The molecule has 126 valence electrons. The van der Waals surface area contributed by atoms with Gasteiger partial charge >= 0.3 is 0 Å². The first-order valence-electron chi connectivity index (χ1n) is 7.23. The molecule has 0 aliphatic rings. The fourth-order valence-electron chi connectivity index (χ4n) is 2.07. The lowest BCUT2D eigenvalue weighted by Gasteiger charge is -2.31. The molecule has 0 fully saturated rings. The van der Waals surface area contributed by atoms with Crippen molar-refractivity contribution in [3.63, 3.8) is 0 Å². The lowest BCUT2D eigenvalue weighted by atomic mass is 9.95. The van der Waals surface area contributed by atoms with E-state index in [4.69, 9.17) is 5.73 Å². The van der Waals surface area contributed by atoms with Crippen molar-refractivity contribution in [3.05, 3.63) is 24.3 Å². The monoisotopic (exact) mass is 348 g/mol. The van der Waals surface area contributed by atoms with Gasteiger partial charge in [0.25, 0.3) is 0 Å². The highest BCUT2D eigenvalue weighted by Gasteiger charge is 2.31. The minimum Gasteiger partial charge on any atom is -0.329 e. The van der Waals surface area contributed by atoms with E-state index < -0.39 is 25.4 Å². The van der Waals surface area contributed by atoms with Crippen LogP contribution in [0.5, 0.6) is 0 Å². The first kappa shape index (κ1) is 19.1. The zero-order chi connectivity index (χ0) is 17.0. The SMILES string of the molecule is CCC(CC)(CN)NS(=O)(=O)c1cccc(S(=O)(=O)CC)c1. The van der Waals surface area contributed by atoms with Crippen LogP contribution in [0.1, 0.15) is 33.6 Å². The van der Waals surface area contributed by atoms with Gasteiger partial charge in [-0.3, -0.25) is 0 Å². The minimum atomic E-state index is -3.84. The fraction of sp³-hybridized carbons (Fsp3) is 0.571. The van der Waals surface area contributed by atoms with Gasteiger partial charge in [0, 0.05) is 12.1 Å². The van der Waals surface area contributed by atoms with Crippen molar-refractivity contribution in [1.29, 1.82) is 0 Å². The van der Waals surface area contributed by atoms with E-state index in [9.17, 15) is 16.8 Å². The lowest BCUT2D eigenvalue weighted by Crippen LogP contribution is -2.52. The molecule has 0 radical (unpaired) electrons. The Morgan fingerprint density at radius 1 is 1.05 bits per heavy atom. The number of hydrogen-bond donors (Lipinski definition) is 2. The number of sulfone groups is 1. The topological polar surface area (TPSA) is 106 Å². The molecule has 0 bridgehead atoms. The van der Waals surface area contributed by atoms with Crippen LogP contribution in [0.3, 0.4) is 0 Å². The van der Waals surface area contributed by atoms with E-state index in [1.807, 2.05) is 13.8 Å². The Kier molecular flexibility index (Phi) is 6.14. The van der Waals surface area contributed by atoms with Crippen LogP contribution in [-0.4, -0.2) is 34.7 Å². The highest BCUT2D eigenvalue weighted by Crippen LogP contribution is 2.21. The van der Waals surface area contributed by atoms with Gasteiger partial charge in [-0.1, -0.05) is 26.8 Å². The van der Waals surface area contributed by atoms with Crippen molar-refractivity contribution in [3.8, 4) is 0 Å². The molecule has 0 saturated heterocycles. The average Bonchev–Trinajstić information content (AvgIpc) is 2.53. The quantitative estimate of drug-likeness (QED) is 0.736. The predicted octanol–water partition coefficient (Wildman–Crippen LogP) is 1.28. The van der Waals surface area contributed by atoms with Crippen molar-refractivity contribution in [1.82, 2.24) is 4.72 Å². The molecule has 0 atom stereocenters. The van der Waals surface area contributed by atoms with Crippen LogP contribution in [-0.2, 0) is 19.9 Å². The van der Waals surface area contributed by atoms with Crippen LogP contribution < -0.4 is 10.5 Å². The third kappa shape index (κ3) is 4.07. The molecular weight excluding hydrogens is 324 g/mol. The molecule has 1 aromatic rings. The molecule has 0 unspecified atom stereocenters. The summed E-state index contributed by atoms with van der Waals surface area (Å²) in [6.45, 7) is 5.40. The van der Waals surface area contributed by atoms with Gasteiger partial charge < -0.3 is 5.73 Å². The molecule has 3 N–H and O–H groups in total. The van der Waals surface area contributed by atoms with Gasteiger partial charge in [0.15, 0.2) is 9.84 Å². The number of sulfonamides is 1. The Labute approximate surface area is 133 Å². The Balaban J connectivity index is 3.28. The summed E-state index contributed by atoms with van der Waals surface area (Å²) in [6, 6.07) is 5.39. The lowest BCUT2D eigenvalue weighted by molar-refractivity contribution is 0.363. The van der Waals surface area contributed by atoms with Crippen molar-refractivity contribution < 1.29 is 16.8 Å². The summed E-state index contributed by atoms with van der Waals surface area (Å²) in [5.74, 6) is -0.0828. The maximum absolute atomic E-state index is 12.5. The van der Waals surface area contributed by atoms with E-state index in [-0.39, 0.29) is 22.1 Å². The summed E-state index contributed by atoms with van der Waals surface area (Å²) in [7, 11) is -7.30. The molecule has 1 rings (SSSR count). The maximum atomic E-state index is 12.5. The maximum Gasteiger partial charge on any atom is 0.241 e. The second-order valence-corrected chi connectivity index (χ2v) is 9.14. The Morgan fingerprint density at radius 2 is 1.59 bits per heavy atom. The molecule has 0 heterocycles. The number of nitrogens with one attached hydrogen (secondary N) is 1. The number of nitrogens with two attached hydrogens (primary N) is 1. The molecule has 0 saturated carbocycles. The van der Waals surface area contributed by atoms with Crippen LogP contribution in [0.15, 0.2) is 34.1 Å². The third-order valence-electron chi connectivity index (χ3n) is 3.95. The standard InChI is InChI=1S/C14H24N2O4S2/c1-4-14(5-2,11-15)16-22(19,20)13-9-7-8-12(10-13)21(17,18)6-3/h7-10,16H,4-6,11,15H2,1-3H3. The second kappa shape index (κ2) is 7.08. The van der Waals surface area contributed by atoms with E-state index in [0.29, 0.717) is 12.8 Å². The van der Waals surface area contributed by atoms with Gasteiger partial charge in [-0.05, 0) is 31.0 Å². The molecule has 0 aromatic heterocycles. The Morgan fingerprint density at radius 3 is 2.05 bits per heavy atom. The van der Waals surface area contributed by atoms with Crippen molar-refractivity contribution in [2.24, 2.45) is 5.73 Å². The van der Waals surface area contributed by atoms with Gasteiger partial charge in [-0.2, -0.15) is 0 Å². The zero-order valence-corrected chi connectivity index (χ0v) is 14.8. The zero-order valence-electron chi connectivity index (χ0n) is 13.2. The van der Waals surface area contributed by atoms with E-state index in [0.717, 1.165) is 0 Å². The summed E-state index contributed by atoms with van der Waals surface area (Å²) in [6.07, 6.45) is 1.10. The van der Waals surface area contributed by atoms with E-state index in [1.165, 1.54) is 31.2 Å². The van der Waals surface area contributed by atoms with Crippen LogP contribution >= 0.6 is 0 Å². The molecule has 22 heavy (non-hydrogen) atoms. The summed E-state index contributed by atoms with van der Waals surface area (Å²) in [5, 5.41) is 0. The summed E-state index contributed by atoms with van der Waals surface area (Å²) in [4.78, 5) is -0.0639. The highest BCUT2D eigenvalue weighted by molar-refractivity contribution is 7.91. The second-order valence-electron chi connectivity index (χ2n) is 5.18. The van der Waals surface area contributed by atoms with Crippen molar-refractivity contribution in [2.75, 3.05) is 12.3 Å². The van der Waals surface area contributed by atoms with Gasteiger partial charge in [-0.25, -0.2) is 21.6 Å². The molecule has 0 amide bonds. The smallest absolute Gasteiger partial charge is 0.241 e. The van der Waals surface area contributed by atoms with Gasteiger partial charge in [0.05, 0.1) is 15.5 Å². The normalized spacial score (nSPS) is 13.3. The predicted molar refractivity (Wildman–Crippen MR) is 86.9 cm³/mol. The van der Waals surface area contributed by atoms with Crippen LogP contribution in [0.2, 0.25) is 0 Å². The van der Waals surface area contributed by atoms with Crippen LogP contribution in [0, 0.1) is 0 Å². The minimum absolute atomic E-state index is 0.00391. The van der Waals surface area contributed by atoms with Crippen LogP contribution in [0.25, 0.3) is 0 Å². The van der Waals surface area contributed by atoms with Crippen molar-refractivity contribution in [2.45, 2.75) is 48.9 Å². The largest absolute Gasteiger partial charge is 0.329 e. The summed E-state index contributed by atoms with van der Waals surface area (Å²) >= 11 is 0. The molecule has 0 aliphatic carbocycles. The summed E-state index contributed by atoms with van der Waals surface area (Å²) in [5.41, 5.74) is 4.99. The Hall–Kier alpha value is -0.960. The first-order valence-corrected chi connectivity index (χ1v) is 10.4. The molecule has 6 nitrogen and oxygen atoms in total. The van der Waals surface area contributed by atoms with Gasteiger partial charge in [0.2, 0.25) is 10.0 Å². The van der Waals surface area contributed by atoms with E-state index in [1.54, 1.807) is 0 Å². The highest BCUT2D eigenvalue weighted by atomic mass is 32.2. The van der Waals surface area contributed by atoms with Gasteiger partial charge in [-0.15, -0.1) is 0 Å². The molecule has 8 heteroatoms. The fourth-order valence-corrected chi connectivity index (χ4v) is 4.67.